The Balaban J connectivity index is 1.29. The van der Waals surface area contributed by atoms with Crippen molar-refractivity contribution in [3.05, 3.63) is 146 Å². The van der Waals surface area contributed by atoms with Gasteiger partial charge in [0.05, 0.1) is 22.4 Å². The molecule has 5 nitrogen and oxygen atoms in total. The van der Waals surface area contributed by atoms with Gasteiger partial charge in [-0.15, -0.1) is 0 Å². The Hall–Kier alpha value is -5.81. The first-order valence-electron chi connectivity index (χ1n) is 14.0. The van der Waals surface area contributed by atoms with Crippen LogP contribution in [0.25, 0.3) is 72.7 Å². The zero-order chi connectivity index (χ0) is 27.9. The third kappa shape index (κ3) is 4.07. The Bertz CT molecular complexity index is 2140. The molecule has 1 N–H and O–H groups in total. The van der Waals surface area contributed by atoms with E-state index in [1.807, 2.05) is 54.7 Å². The summed E-state index contributed by atoms with van der Waals surface area (Å²) in [6.45, 7) is 0. The molecule has 8 aromatic rings. The van der Waals surface area contributed by atoms with Crippen molar-refractivity contribution in [3.8, 4) is 50.8 Å². The molecule has 0 aliphatic rings. The first kappa shape index (κ1) is 24.0. The van der Waals surface area contributed by atoms with Crippen LogP contribution in [-0.2, 0) is 0 Å². The van der Waals surface area contributed by atoms with Crippen LogP contribution in [-0.4, -0.2) is 24.7 Å². The lowest BCUT2D eigenvalue weighted by atomic mass is 10.0. The monoisotopic (exact) mass is 539 g/mol. The van der Waals surface area contributed by atoms with Crippen LogP contribution < -0.4 is 0 Å². The molecule has 8 rings (SSSR count). The topological polar surface area (TPSA) is 59.4 Å². The molecule has 198 valence electrons. The Labute approximate surface area is 242 Å². The van der Waals surface area contributed by atoms with E-state index in [0.717, 1.165) is 50.2 Å². The van der Waals surface area contributed by atoms with Crippen LogP contribution in [0.1, 0.15) is 0 Å². The SMILES string of the molecule is c1ccc(-c2cccc(-c3n[nH]c(-c4cnc(-c5ccccc5)c(-n5c6ccccc6c6ccccc65)c4)n3)c2)cc1. The number of nitrogens with zero attached hydrogens (tertiary/aromatic N) is 4. The minimum atomic E-state index is 0.647. The maximum absolute atomic E-state index is 5.02. The molecule has 0 aliphatic carbocycles. The number of aromatic nitrogens is 5. The lowest BCUT2D eigenvalue weighted by molar-refractivity contribution is 1.09. The van der Waals surface area contributed by atoms with Crippen LogP contribution in [0.3, 0.4) is 0 Å². The highest BCUT2D eigenvalue weighted by atomic mass is 15.2. The molecule has 0 spiro atoms. The van der Waals surface area contributed by atoms with Crippen molar-refractivity contribution in [3.63, 3.8) is 0 Å². The molecule has 5 heteroatoms. The predicted molar refractivity (Wildman–Crippen MR) is 170 cm³/mol. The number of H-pyrrole nitrogens is 1. The fourth-order valence-electron chi connectivity index (χ4n) is 5.74. The van der Waals surface area contributed by atoms with Crippen molar-refractivity contribution in [2.45, 2.75) is 0 Å². The average molecular weight is 540 g/mol. The van der Waals surface area contributed by atoms with Crippen LogP contribution in [0.2, 0.25) is 0 Å². The average Bonchev–Trinajstić information content (AvgIpc) is 3.69. The van der Waals surface area contributed by atoms with Crippen LogP contribution in [0, 0.1) is 0 Å². The molecule has 0 radical (unpaired) electrons. The molecular formula is C37H25N5. The van der Waals surface area contributed by atoms with E-state index in [1.54, 1.807) is 0 Å². The second-order valence-corrected chi connectivity index (χ2v) is 10.3. The first-order chi connectivity index (χ1) is 20.8. The first-order valence-corrected chi connectivity index (χ1v) is 14.0. The number of para-hydroxylation sites is 2. The van der Waals surface area contributed by atoms with Gasteiger partial charge in [0.1, 0.15) is 0 Å². The summed E-state index contributed by atoms with van der Waals surface area (Å²) in [5.74, 6) is 1.32. The number of hydrogen-bond donors (Lipinski definition) is 1. The summed E-state index contributed by atoms with van der Waals surface area (Å²) in [6.07, 6.45) is 1.88. The fourth-order valence-corrected chi connectivity index (χ4v) is 5.74. The Morgan fingerprint density at radius 1 is 0.500 bits per heavy atom. The van der Waals surface area contributed by atoms with Crippen molar-refractivity contribution in [2.75, 3.05) is 0 Å². The predicted octanol–water partition coefficient (Wildman–Crippen LogP) is 8.96. The van der Waals surface area contributed by atoms with Crippen molar-refractivity contribution in [1.29, 1.82) is 0 Å². The number of pyridine rings is 1. The van der Waals surface area contributed by atoms with Gasteiger partial charge in [-0.25, -0.2) is 4.98 Å². The summed E-state index contributed by atoms with van der Waals surface area (Å²) < 4.78 is 2.31. The van der Waals surface area contributed by atoms with Gasteiger partial charge in [-0.05, 0) is 35.4 Å². The van der Waals surface area contributed by atoms with Gasteiger partial charge in [0.25, 0.3) is 0 Å². The molecule has 0 bridgehead atoms. The van der Waals surface area contributed by atoms with Gasteiger partial charge < -0.3 is 4.57 Å². The normalized spacial score (nSPS) is 11.3. The lowest BCUT2D eigenvalue weighted by Gasteiger charge is -2.14. The van der Waals surface area contributed by atoms with E-state index in [4.69, 9.17) is 9.97 Å². The Kier molecular flexibility index (Phi) is 5.71. The summed E-state index contributed by atoms with van der Waals surface area (Å²) in [5.41, 5.74) is 9.31. The van der Waals surface area contributed by atoms with Crippen molar-refractivity contribution < 1.29 is 0 Å². The second kappa shape index (κ2) is 9.98. The molecule has 0 amide bonds. The summed E-state index contributed by atoms with van der Waals surface area (Å²) in [5, 5.41) is 10.2. The molecule has 3 heterocycles. The van der Waals surface area contributed by atoms with E-state index in [-0.39, 0.29) is 0 Å². The standard InChI is InChI=1S/C37H25N5/c1-3-12-25(13-4-1)27-16-11-17-28(22-27)36-39-37(41-40-36)29-23-34(35(38-24-29)26-14-5-2-6-15-26)42-32-20-9-7-18-30(32)31-19-8-10-21-33(31)42/h1-24H,(H,39,40,41). The highest BCUT2D eigenvalue weighted by Crippen LogP contribution is 2.37. The molecule has 0 fully saturated rings. The third-order valence-corrected chi connectivity index (χ3v) is 7.72. The van der Waals surface area contributed by atoms with Gasteiger partial charge >= 0.3 is 0 Å². The second-order valence-electron chi connectivity index (χ2n) is 10.3. The Morgan fingerprint density at radius 3 is 1.81 bits per heavy atom. The quantitative estimate of drug-likeness (QED) is 0.237. The molecule has 0 saturated heterocycles. The van der Waals surface area contributed by atoms with Crippen molar-refractivity contribution in [1.82, 2.24) is 24.7 Å². The van der Waals surface area contributed by atoms with Crippen LogP contribution >= 0.6 is 0 Å². The van der Waals surface area contributed by atoms with Gasteiger partial charge in [-0.3, -0.25) is 10.1 Å². The minimum absolute atomic E-state index is 0.647. The Morgan fingerprint density at radius 2 is 1.10 bits per heavy atom. The van der Waals surface area contributed by atoms with Crippen molar-refractivity contribution >= 4 is 21.8 Å². The third-order valence-electron chi connectivity index (χ3n) is 7.72. The molecular weight excluding hydrogens is 514 g/mol. The molecule has 42 heavy (non-hydrogen) atoms. The summed E-state index contributed by atoms with van der Waals surface area (Å²) in [6, 6.07) is 48.2. The van der Waals surface area contributed by atoms with Crippen LogP contribution in [0.5, 0.6) is 0 Å². The van der Waals surface area contributed by atoms with E-state index in [1.165, 1.54) is 10.8 Å². The van der Waals surface area contributed by atoms with Gasteiger partial charge in [-0.2, -0.15) is 5.10 Å². The maximum atomic E-state index is 5.02. The van der Waals surface area contributed by atoms with Gasteiger partial charge in [0.15, 0.2) is 11.6 Å². The largest absolute Gasteiger partial charge is 0.307 e. The summed E-state index contributed by atoms with van der Waals surface area (Å²) in [4.78, 5) is 9.94. The smallest absolute Gasteiger partial charge is 0.181 e. The number of fused-ring (bicyclic) bond motifs is 3. The van der Waals surface area contributed by atoms with E-state index >= 15 is 0 Å². The zero-order valence-corrected chi connectivity index (χ0v) is 22.6. The fraction of sp³-hybridized carbons (Fsp3) is 0. The number of benzene rings is 5. The minimum Gasteiger partial charge on any atom is -0.307 e. The van der Waals surface area contributed by atoms with Gasteiger partial charge in [0, 0.05) is 33.7 Å². The molecule has 3 aromatic heterocycles. The molecule has 0 atom stereocenters. The zero-order valence-electron chi connectivity index (χ0n) is 22.6. The molecule has 5 aromatic carbocycles. The van der Waals surface area contributed by atoms with Gasteiger partial charge in [0.2, 0.25) is 0 Å². The number of rotatable bonds is 5. The van der Waals surface area contributed by atoms with Crippen LogP contribution in [0.4, 0.5) is 0 Å². The number of aromatic amines is 1. The van der Waals surface area contributed by atoms with Crippen LogP contribution in [0.15, 0.2) is 146 Å². The number of nitrogens with one attached hydrogen (secondary N) is 1. The summed E-state index contributed by atoms with van der Waals surface area (Å²) >= 11 is 0. The summed E-state index contributed by atoms with van der Waals surface area (Å²) in [7, 11) is 0. The van der Waals surface area contributed by atoms with E-state index < -0.39 is 0 Å². The number of hydrogen-bond acceptors (Lipinski definition) is 3. The molecule has 0 unspecified atom stereocenters. The maximum Gasteiger partial charge on any atom is 0.181 e. The van der Waals surface area contributed by atoms with Crippen molar-refractivity contribution in [2.24, 2.45) is 0 Å². The van der Waals surface area contributed by atoms with Gasteiger partial charge in [-0.1, -0.05) is 115 Å². The van der Waals surface area contributed by atoms with E-state index in [9.17, 15) is 0 Å². The van der Waals surface area contributed by atoms with E-state index in [0.29, 0.717) is 11.6 Å². The lowest BCUT2D eigenvalue weighted by Crippen LogP contribution is -2.00. The molecule has 0 saturated carbocycles. The van der Waals surface area contributed by atoms with E-state index in [2.05, 4.69) is 106 Å². The highest BCUT2D eigenvalue weighted by molar-refractivity contribution is 6.09. The molecule has 0 aliphatic heterocycles. The highest BCUT2D eigenvalue weighted by Gasteiger charge is 2.18.